The van der Waals surface area contributed by atoms with E-state index in [9.17, 15) is 9.59 Å². The van der Waals surface area contributed by atoms with Gasteiger partial charge in [-0.2, -0.15) is 0 Å². The monoisotopic (exact) mass is 1080 g/mol. The second-order valence-electron chi connectivity index (χ2n) is 25.6. The summed E-state index contributed by atoms with van der Waals surface area (Å²) in [7, 11) is 0. The molecule has 434 valence electrons. The van der Waals surface area contributed by atoms with Gasteiger partial charge in [0, 0.05) is 0 Å². The van der Waals surface area contributed by atoms with Gasteiger partial charge in [-0.05, 0) is 17.8 Å². The maximum atomic E-state index is 18.0. The van der Waals surface area contributed by atoms with Crippen LogP contribution in [0.3, 0.4) is 0 Å². The van der Waals surface area contributed by atoms with Crippen molar-refractivity contribution in [2.45, 2.75) is 343 Å². The van der Waals surface area contributed by atoms with E-state index >= 15 is 17.7 Å². The first kappa shape index (κ1) is 71.9. The molecule has 0 saturated heterocycles. The molecule has 0 unspecified atom stereocenters. The molecule has 0 aromatic rings. The number of rotatable bonds is 53. The van der Waals surface area contributed by atoms with E-state index in [1.165, 1.54) is 163 Å². The van der Waals surface area contributed by atoms with Crippen molar-refractivity contribution in [3.05, 3.63) is 24.3 Å². The van der Waals surface area contributed by atoms with Crippen molar-refractivity contribution in [3.8, 4) is 0 Å². The SMILES string of the molecule is C=C(C)C(=O)[O][Ti](=[O])([O]C(=O)C(=C)C)([C](=O)CCCCCCCCCCCCCCC(C)C)([C](=O)CCCCCCCCCCCCCCC(C)C)([C](=O)CCCCCCCCCCCCCCC(C)C)[CH](C)C. The molecular formula is C65H122O8Ti. The van der Waals surface area contributed by atoms with Crippen LogP contribution < -0.4 is 0 Å². The fourth-order valence-electron chi connectivity index (χ4n) is 11.6. The van der Waals surface area contributed by atoms with Gasteiger partial charge in [-0.1, -0.05) is 99.3 Å². The second-order valence-corrected chi connectivity index (χ2v) is 37.9. The molecule has 0 amide bonds. The molecule has 0 aliphatic rings. The summed E-state index contributed by atoms with van der Waals surface area (Å²) in [5, 5.41) is 0. The van der Waals surface area contributed by atoms with Gasteiger partial charge in [0.1, 0.15) is 0 Å². The van der Waals surface area contributed by atoms with E-state index in [1.807, 2.05) is 0 Å². The number of carbonyl (C=O) groups excluding carboxylic acids is 5. The van der Waals surface area contributed by atoms with Crippen LogP contribution in [0.4, 0.5) is 0 Å². The standard InChI is InChI=1S/3C18H35O.2C4H6O2.C3H7.O.Ti/c3*1-18(2)16-14-12-10-8-6-4-3-5-7-9-11-13-15-17-19;2*1-3(2)4(5)6;1-3-2;;/h3*18H,3-16H2,1-2H3;2*1H2,2H3,(H,5,6);3H,1-2H3;;/q;;;;;;;+2/p-2. The molecule has 0 atom stereocenters. The molecule has 0 bridgehead atoms. The first-order valence-electron chi connectivity index (χ1n) is 31.7. The molecule has 0 aliphatic heterocycles. The Morgan fingerprint density at radius 1 is 0.311 bits per heavy atom. The van der Waals surface area contributed by atoms with Crippen LogP contribution in [0.5, 0.6) is 0 Å². The zero-order chi connectivity index (χ0) is 55.8. The Balaban J connectivity index is 6.46. The van der Waals surface area contributed by atoms with Crippen molar-refractivity contribution < 1.29 is 47.4 Å². The predicted molar refractivity (Wildman–Crippen MR) is 311 cm³/mol. The predicted octanol–water partition coefficient (Wildman–Crippen LogP) is 20.9. The Hall–Kier alpha value is -2.06. The fraction of sp³-hybridized carbons (Fsp3) is 0.862. The zero-order valence-corrected chi connectivity index (χ0v) is 52.2. The van der Waals surface area contributed by atoms with Crippen molar-refractivity contribution in [1.82, 2.24) is 0 Å². The first-order chi connectivity index (χ1) is 35.0. The topological polar surface area (TPSA) is 121 Å². The van der Waals surface area contributed by atoms with Crippen LogP contribution in [0, 0.1) is 17.8 Å². The van der Waals surface area contributed by atoms with Crippen molar-refractivity contribution in [3.63, 3.8) is 0 Å². The van der Waals surface area contributed by atoms with Crippen LogP contribution in [0.25, 0.3) is 0 Å². The summed E-state index contributed by atoms with van der Waals surface area (Å²) >= 11 is -9.85. The van der Waals surface area contributed by atoms with Crippen molar-refractivity contribution in [2.24, 2.45) is 17.8 Å². The van der Waals surface area contributed by atoms with E-state index in [0.29, 0.717) is 19.3 Å². The molecule has 74 heavy (non-hydrogen) atoms. The van der Waals surface area contributed by atoms with Crippen molar-refractivity contribution in [1.29, 1.82) is 0 Å². The molecule has 0 aliphatic carbocycles. The van der Waals surface area contributed by atoms with E-state index in [0.717, 1.165) is 94.8 Å². The Morgan fingerprint density at radius 3 is 0.622 bits per heavy atom. The molecule has 0 fully saturated rings. The molecule has 0 heterocycles. The van der Waals surface area contributed by atoms with Crippen LogP contribution in [0.1, 0.15) is 339 Å². The molecule has 0 aromatic heterocycles. The van der Waals surface area contributed by atoms with Gasteiger partial charge < -0.3 is 0 Å². The minimum absolute atomic E-state index is 0.183. The van der Waals surface area contributed by atoms with E-state index in [4.69, 9.17) is 6.64 Å². The van der Waals surface area contributed by atoms with Crippen LogP contribution in [0.2, 0.25) is 4.22 Å². The third-order valence-corrected chi connectivity index (χ3v) is 33.0. The number of hydrogen-bond donors (Lipinski definition) is 0. The summed E-state index contributed by atoms with van der Waals surface area (Å²) in [5.41, 5.74) is -0.536. The molecular weight excluding hydrogens is 957 g/mol. The van der Waals surface area contributed by atoms with Crippen molar-refractivity contribution >= 4 is 24.2 Å². The summed E-state index contributed by atoms with van der Waals surface area (Å²) in [4.78, 5) is 76.0. The van der Waals surface area contributed by atoms with E-state index in [1.54, 1.807) is 0 Å². The average Bonchev–Trinajstić information content (AvgIpc) is 3.33. The summed E-state index contributed by atoms with van der Waals surface area (Å²) in [6, 6.07) is 0. The summed E-state index contributed by atoms with van der Waals surface area (Å²) < 4.78 is 24.5. The van der Waals surface area contributed by atoms with Crippen LogP contribution in [-0.2, 0) is 47.4 Å². The number of carbonyl (C=O) groups is 5. The third-order valence-electron chi connectivity index (χ3n) is 17.2. The molecule has 9 heteroatoms. The van der Waals surface area contributed by atoms with Crippen molar-refractivity contribution in [2.75, 3.05) is 0 Å². The molecule has 0 spiro atoms. The van der Waals surface area contributed by atoms with E-state index in [2.05, 4.69) is 54.7 Å². The van der Waals surface area contributed by atoms with Gasteiger partial charge in [0.2, 0.25) is 0 Å². The molecule has 0 N–H and O–H groups in total. The second kappa shape index (κ2) is 37.7. The Labute approximate surface area is 454 Å². The van der Waals surface area contributed by atoms with E-state index < -0.39 is 61.2 Å². The van der Waals surface area contributed by atoms with Gasteiger partial charge in [-0.25, -0.2) is 0 Å². The minimum atomic E-state index is -9.85. The molecule has 8 nitrogen and oxygen atoms in total. The molecule has 0 radical (unpaired) electrons. The van der Waals surface area contributed by atoms with Gasteiger partial charge in [0.25, 0.3) is 0 Å². The first-order valence-corrected chi connectivity index (χ1v) is 36.8. The quantitative estimate of drug-likeness (QED) is 0.0335. The third kappa shape index (κ3) is 22.7. The van der Waals surface area contributed by atoms with Gasteiger partial charge in [0.15, 0.2) is 0 Å². The van der Waals surface area contributed by atoms with Gasteiger partial charge >= 0.3 is 340 Å². The normalized spacial score (nSPS) is 13.5. The van der Waals surface area contributed by atoms with Gasteiger partial charge in [-0.3, -0.25) is 0 Å². The van der Waals surface area contributed by atoms with Gasteiger partial charge in [0.05, 0.1) is 0 Å². The summed E-state index contributed by atoms with van der Waals surface area (Å²) in [5.74, 6) is -0.406. The average molecular weight is 1080 g/mol. The summed E-state index contributed by atoms with van der Waals surface area (Å²) in [6.45, 7) is 26.4. The number of hydrogen-bond acceptors (Lipinski definition) is 8. The Morgan fingerprint density at radius 2 is 0.473 bits per heavy atom. The van der Waals surface area contributed by atoms with Crippen LogP contribution in [-0.4, -0.2) is 24.2 Å². The fourth-order valence-corrected chi connectivity index (χ4v) is 24.3. The Kier molecular flexibility index (Phi) is 36.7. The molecule has 0 saturated carbocycles. The number of unbranched alkanes of at least 4 members (excludes halogenated alkanes) is 33. The zero-order valence-electron chi connectivity index (χ0n) is 50.7. The van der Waals surface area contributed by atoms with Gasteiger partial charge in [-0.15, -0.1) is 0 Å². The molecule has 0 aromatic carbocycles. The van der Waals surface area contributed by atoms with E-state index in [-0.39, 0.29) is 30.4 Å². The summed E-state index contributed by atoms with van der Waals surface area (Å²) in [6.07, 6.45) is 39.2. The Bertz CT molecular complexity index is 1580. The maximum absolute atomic E-state index is 18.0. The molecule has 0 rings (SSSR count). The van der Waals surface area contributed by atoms with Crippen LogP contribution in [0.15, 0.2) is 24.3 Å². The van der Waals surface area contributed by atoms with Crippen LogP contribution >= 0.6 is 0 Å².